The summed E-state index contributed by atoms with van der Waals surface area (Å²) in [6.07, 6.45) is 5.84. The van der Waals surface area contributed by atoms with Gasteiger partial charge in [-0.2, -0.15) is 5.10 Å². The van der Waals surface area contributed by atoms with Crippen molar-refractivity contribution in [2.45, 2.75) is 31.9 Å². The van der Waals surface area contributed by atoms with Crippen LogP contribution in [0, 0.1) is 0 Å². The molecule has 1 unspecified atom stereocenters. The zero-order chi connectivity index (χ0) is 10.7. The molecule has 1 fully saturated rings. The van der Waals surface area contributed by atoms with E-state index in [0.29, 0.717) is 6.10 Å². The van der Waals surface area contributed by atoms with Gasteiger partial charge >= 0.3 is 0 Å². The van der Waals surface area contributed by atoms with Crippen molar-refractivity contribution in [3.63, 3.8) is 0 Å². The van der Waals surface area contributed by atoms with Gasteiger partial charge in [0.1, 0.15) is 5.82 Å². The van der Waals surface area contributed by atoms with Crippen molar-refractivity contribution in [1.82, 2.24) is 9.78 Å². The monoisotopic (exact) mass is 209 g/mol. The number of ether oxygens (including phenoxy) is 1. The fourth-order valence-electron chi connectivity index (χ4n) is 1.99. The van der Waals surface area contributed by atoms with Gasteiger partial charge in [-0.25, -0.2) is 4.68 Å². The molecule has 0 amide bonds. The molecular formula is C11H19N3O. The van der Waals surface area contributed by atoms with E-state index >= 15 is 0 Å². The fourth-order valence-corrected chi connectivity index (χ4v) is 1.99. The van der Waals surface area contributed by atoms with Crippen LogP contribution in [0.3, 0.4) is 0 Å². The Balaban J connectivity index is 1.99. The van der Waals surface area contributed by atoms with Crippen molar-refractivity contribution < 1.29 is 4.74 Å². The summed E-state index contributed by atoms with van der Waals surface area (Å²) in [7, 11) is 4.07. The Labute approximate surface area is 90.8 Å². The lowest BCUT2D eigenvalue weighted by Crippen LogP contribution is -2.26. The Morgan fingerprint density at radius 3 is 3.07 bits per heavy atom. The van der Waals surface area contributed by atoms with E-state index in [1.54, 1.807) is 0 Å². The second-order valence-electron chi connectivity index (χ2n) is 4.25. The number of anilines is 1. The van der Waals surface area contributed by atoms with Crippen LogP contribution in [-0.4, -0.2) is 36.6 Å². The highest BCUT2D eigenvalue weighted by Gasteiger charge is 2.16. The zero-order valence-electron chi connectivity index (χ0n) is 9.52. The van der Waals surface area contributed by atoms with Gasteiger partial charge < -0.3 is 9.64 Å². The van der Waals surface area contributed by atoms with Crippen molar-refractivity contribution in [2.24, 2.45) is 0 Å². The highest BCUT2D eigenvalue weighted by atomic mass is 16.5. The van der Waals surface area contributed by atoms with Crippen LogP contribution in [0.4, 0.5) is 5.82 Å². The summed E-state index contributed by atoms with van der Waals surface area (Å²) >= 11 is 0. The Hall–Kier alpha value is -1.03. The predicted molar refractivity (Wildman–Crippen MR) is 60.1 cm³/mol. The van der Waals surface area contributed by atoms with Crippen molar-refractivity contribution in [3.8, 4) is 0 Å². The molecule has 0 radical (unpaired) electrons. The van der Waals surface area contributed by atoms with Gasteiger partial charge in [-0.15, -0.1) is 0 Å². The minimum atomic E-state index is 0.345. The molecule has 84 valence electrons. The molecule has 1 atom stereocenters. The number of aromatic nitrogens is 2. The second-order valence-corrected chi connectivity index (χ2v) is 4.25. The van der Waals surface area contributed by atoms with Crippen LogP contribution in [0.5, 0.6) is 0 Å². The summed E-state index contributed by atoms with van der Waals surface area (Å²) in [5, 5.41) is 4.33. The lowest BCUT2D eigenvalue weighted by molar-refractivity contribution is 0.00426. The quantitative estimate of drug-likeness (QED) is 0.756. The topological polar surface area (TPSA) is 30.3 Å². The Bertz CT molecular complexity index is 303. The van der Waals surface area contributed by atoms with E-state index in [4.69, 9.17) is 4.74 Å². The molecule has 1 aromatic rings. The molecular weight excluding hydrogens is 190 g/mol. The van der Waals surface area contributed by atoms with E-state index in [1.807, 2.05) is 31.0 Å². The first-order valence-corrected chi connectivity index (χ1v) is 5.58. The van der Waals surface area contributed by atoms with Crippen LogP contribution >= 0.6 is 0 Å². The Morgan fingerprint density at radius 2 is 2.40 bits per heavy atom. The Morgan fingerprint density at radius 1 is 1.53 bits per heavy atom. The fraction of sp³-hybridized carbons (Fsp3) is 0.727. The van der Waals surface area contributed by atoms with Crippen molar-refractivity contribution >= 4 is 5.82 Å². The molecule has 1 aliphatic heterocycles. The molecule has 0 aliphatic carbocycles. The third-order valence-electron chi connectivity index (χ3n) is 2.80. The molecule has 1 aliphatic rings. The number of hydrogen-bond donors (Lipinski definition) is 0. The van der Waals surface area contributed by atoms with Crippen molar-refractivity contribution in [2.75, 3.05) is 25.6 Å². The van der Waals surface area contributed by atoms with Gasteiger partial charge in [0.2, 0.25) is 0 Å². The number of nitrogens with zero attached hydrogens (tertiary/aromatic N) is 3. The highest BCUT2D eigenvalue weighted by Crippen LogP contribution is 2.17. The van der Waals surface area contributed by atoms with Crippen molar-refractivity contribution in [3.05, 3.63) is 12.3 Å². The molecule has 0 N–H and O–H groups in total. The summed E-state index contributed by atoms with van der Waals surface area (Å²) in [5.41, 5.74) is 0. The lowest BCUT2D eigenvalue weighted by Gasteiger charge is -2.24. The average molecular weight is 209 g/mol. The maximum atomic E-state index is 5.71. The normalized spacial score (nSPS) is 21.6. The van der Waals surface area contributed by atoms with Gasteiger partial charge in [-0.1, -0.05) is 0 Å². The van der Waals surface area contributed by atoms with Gasteiger partial charge in [0.05, 0.1) is 18.8 Å². The summed E-state index contributed by atoms with van der Waals surface area (Å²) in [5.74, 6) is 1.14. The molecule has 4 heteroatoms. The van der Waals surface area contributed by atoms with Gasteiger partial charge in [-0.3, -0.25) is 0 Å². The molecule has 0 bridgehead atoms. The largest absolute Gasteiger partial charge is 0.376 e. The molecule has 1 saturated heterocycles. The highest BCUT2D eigenvalue weighted by molar-refractivity contribution is 5.35. The predicted octanol–water partition coefficient (Wildman–Crippen LogP) is 1.52. The molecule has 0 spiro atoms. The first-order chi connectivity index (χ1) is 7.27. The van der Waals surface area contributed by atoms with Crippen molar-refractivity contribution in [1.29, 1.82) is 0 Å². The van der Waals surface area contributed by atoms with E-state index < -0.39 is 0 Å². The molecule has 15 heavy (non-hydrogen) atoms. The molecule has 2 rings (SSSR count). The summed E-state index contributed by atoms with van der Waals surface area (Å²) in [6.45, 7) is 1.78. The Kier molecular flexibility index (Phi) is 3.26. The van der Waals surface area contributed by atoms with E-state index in [1.165, 1.54) is 12.8 Å². The summed E-state index contributed by atoms with van der Waals surface area (Å²) in [6, 6.07) is 2.03. The van der Waals surface area contributed by atoms with E-state index in [0.717, 1.165) is 25.4 Å². The van der Waals surface area contributed by atoms with Gasteiger partial charge in [0, 0.05) is 26.8 Å². The van der Waals surface area contributed by atoms with Gasteiger partial charge in [-0.05, 0) is 19.3 Å². The van der Waals surface area contributed by atoms with Crippen LogP contribution in [0.25, 0.3) is 0 Å². The average Bonchev–Trinajstić information content (AvgIpc) is 2.67. The summed E-state index contributed by atoms with van der Waals surface area (Å²) in [4.78, 5) is 2.08. The maximum absolute atomic E-state index is 5.71. The van der Waals surface area contributed by atoms with Crippen LogP contribution in [-0.2, 0) is 11.3 Å². The first-order valence-electron chi connectivity index (χ1n) is 5.58. The standard InChI is InChI=1S/C11H19N3O/c1-13(2)11-6-7-12-14(11)9-10-5-3-4-8-15-10/h6-7,10H,3-5,8-9H2,1-2H3. The van der Waals surface area contributed by atoms with Crippen LogP contribution in [0.1, 0.15) is 19.3 Å². The van der Waals surface area contributed by atoms with Gasteiger partial charge in [0.25, 0.3) is 0 Å². The SMILES string of the molecule is CN(C)c1ccnn1CC1CCCCO1. The van der Waals surface area contributed by atoms with Crippen LogP contribution in [0.15, 0.2) is 12.3 Å². The van der Waals surface area contributed by atoms with E-state index in [2.05, 4.69) is 10.00 Å². The van der Waals surface area contributed by atoms with Crippen LogP contribution in [0.2, 0.25) is 0 Å². The second kappa shape index (κ2) is 4.66. The zero-order valence-corrected chi connectivity index (χ0v) is 9.52. The van der Waals surface area contributed by atoms with E-state index in [-0.39, 0.29) is 0 Å². The van der Waals surface area contributed by atoms with E-state index in [9.17, 15) is 0 Å². The third-order valence-corrected chi connectivity index (χ3v) is 2.80. The minimum absolute atomic E-state index is 0.345. The molecule has 0 aromatic carbocycles. The lowest BCUT2D eigenvalue weighted by atomic mass is 10.1. The molecule has 4 nitrogen and oxygen atoms in total. The molecule has 0 saturated carbocycles. The third kappa shape index (κ3) is 2.50. The smallest absolute Gasteiger partial charge is 0.126 e. The summed E-state index contributed by atoms with van der Waals surface area (Å²) < 4.78 is 7.73. The molecule has 1 aromatic heterocycles. The minimum Gasteiger partial charge on any atom is -0.376 e. The maximum Gasteiger partial charge on any atom is 0.126 e. The number of rotatable bonds is 3. The van der Waals surface area contributed by atoms with Gasteiger partial charge in [0.15, 0.2) is 0 Å². The first kappa shape index (κ1) is 10.5. The molecule has 2 heterocycles. The number of hydrogen-bond acceptors (Lipinski definition) is 3. The van der Waals surface area contributed by atoms with Crippen LogP contribution < -0.4 is 4.90 Å².